The molecule has 214 valence electrons. The highest BCUT2D eigenvalue weighted by atomic mass is 79.9. The number of thiazole rings is 1. The minimum atomic E-state index is -0.785. The number of nitrogens with zero attached hydrogens (tertiary/aromatic N) is 1. The lowest BCUT2D eigenvalue weighted by molar-refractivity contribution is -0.122. The van der Waals surface area contributed by atoms with E-state index in [2.05, 4.69) is 26.2 Å². The third kappa shape index (κ3) is 5.25. The van der Waals surface area contributed by atoms with Gasteiger partial charge in [0.25, 0.3) is 5.91 Å². The number of methoxy groups -OCH3 is 1. The van der Waals surface area contributed by atoms with E-state index in [1.807, 2.05) is 25.1 Å². The first-order chi connectivity index (χ1) is 20.2. The molecule has 42 heavy (non-hydrogen) atoms. The number of nitrogens with one attached hydrogen (secondary N) is 2. The number of aromatic nitrogens is 1. The Kier molecular flexibility index (Phi) is 7.69. The molecule has 9 nitrogen and oxygen atoms in total. The number of hydrogen-bond donors (Lipinski definition) is 2. The molecule has 4 aromatic rings. The summed E-state index contributed by atoms with van der Waals surface area (Å²) in [4.78, 5) is 57.5. The molecule has 2 aliphatic rings. The van der Waals surface area contributed by atoms with Gasteiger partial charge in [-0.1, -0.05) is 56.7 Å². The molecule has 2 N–H and O–H groups in total. The molecule has 0 spiro atoms. The van der Waals surface area contributed by atoms with Crippen molar-refractivity contribution in [3.05, 3.63) is 96.9 Å². The molecule has 1 saturated heterocycles. The van der Waals surface area contributed by atoms with E-state index < -0.39 is 17.1 Å². The third-order valence-electron chi connectivity index (χ3n) is 7.16. The van der Waals surface area contributed by atoms with Crippen molar-refractivity contribution in [2.24, 2.45) is 5.92 Å². The summed E-state index contributed by atoms with van der Waals surface area (Å²) >= 11 is 5.74. The van der Waals surface area contributed by atoms with Crippen LogP contribution in [0.25, 0.3) is 0 Å². The van der Waals surface area contributed by atoms with Crippen molar-refractivity contribution < 1.29 is 23.9 Å². The van der Waals surface area contributed by atoms with Gasteiger partial charge < -0.3 is 19.8 Å². The highest BCUT2D eigenvalue weighted by Gasteiger charge is 2.56. The van der Waals surface area contributed by atoms with Crippen LogP contribution in [-0.2, 0) is 14.4 Å². The zero-order chi connectivity index (χ0) is 29.5. The van der Waals surface area contributed by atoms with Crippen LogP contribution >= 0.6 is 39.0 Å². The molecule has 0 aliphatic carbocycles. The molecule has 1 aromatic heterocycles. The molecule has 3 heterocycles. The Morgan fingerprint density at radius 1 is 1.02 bits per heavy atom. The Morgan fingerprint density at radius 2 is 1.76 bits per heavy atom. The number of aryl methyl sites for hydroxylation is 1. The Morgan fingerprint density at radius 3 is 2.48 bits per heavy atom. The fourth-order valence-corrected chi connectivity index (χ4v) is 8.09. The topological polar surface area (TPSA) is 118 Å². The van der Waals surface area contributed by atoms with Gasteiger partial charge in [-0.15, -0.1) is 0 Å². The molecule has 0 bridgehead atoms. The van der Waals surface area contributed by atoms with Gasteiger partial charge in [0, 0.05) is 26.5 Å². The zero-order valence-corrected chi connectivity index (χ0v) is 25.6. The van der Waals surface area contributed by atoms with E-state index in [0.29, 0.717) is 38.3 Å². The first-order valence-corrected chi connectivity index (χ1v) is 15.4. The smallest absolute Gasteiger partial charge is 0.305 e. The normalized spacial score (nSPS) is 19.3. The summed E-state index contributed by atoms with van der Waals surface area (Å²) in [6.07, 6.45) is 0. The summed E-state index contributed by atoms with van der Waals surface area (Å²) in [6, 6.07) is 19.4. The Bertz CT molecular complexity index is 1750. The van der Waals surface area contributed by atoms with Crippen molar-refractivity contribution in [2.75, 3.05) is 23.9 Å². The van der Waals surface area contributed by atoms with Gasteiger partial charge in [0.05, 0.1) is 23.7 Å². The SMILES string of the molecule is COc1ccc(NC(=O)COc2ccc(Br)cc2[C@@H]2c3sc(=O)[nH]c3S[C@H]3C(=O)N(c4ccc(C)cc4)C(=O)[C@@H]23)cc1. The van der Waals surface area contributed by atoms with Crippen LogP contribution in [0.15, 0.2) is 81.0 Å². The second kappa shape index (κ2) is 11.4. The Hall–Kier alpha value is -3.87. The standard InChI is InChI=1S/C30H24BrN3O6S2/c1-15-3-8-18(9-4-15)34-28(36)24-23(25-27(33-30(38)42-25)41-26(24)29(34)37)20-13-16(31)5-12-21(20)40-14-22(35)32-17-6-10-19(39-2)11-7-17/h3-13,23-24,26H,14H2,1-2H3,(H,32,35)(H,33,38)/t23-,24-,26+/m0/s1. The van der Waals surface area contributed by atoms with E-state index in [1.165, 1.54) is 16.7 Å². The van der Waals surface area contributed by atoms with Gasteiger partial charge in [0.2, 0.25) is 11.8 Å². The second-order valence-electron chi connectivity index (χ2n) is 9.84. The molecule has 1 fully saturated rings. The van der Waals surface area contributed by atoms with Crippen LogP contribution in [0.5, 0.6) is 11.5 Å². The molecular formula is C30H24BrN3O6S2. The zero-order valence-electron chi connectivity index (χ0n) is 22.4. The quantitative estimate of drug-likeness (QED) is 0.256. The number of rotatable bonds is 7. The molecule has 3 aromatic carbocycles. The number of aromatic amines is 1. The fourth-order valence-electron chi connectivity index (χ4n) is 5.21. The van der Waals surface area contributed by atoms with E-state index in [1.54, 1.807) is 55.6 Å². The van der Waals surface area contributed by atoms with Crippen molar-refractivity contribution in [2.45, 2.75) is 23.1 Å². The maximum absolute atomic E-state index is 14.0. The number of fused-ring (bicyclic) bond motifs is 2. The lowest BCUT2D eigenvalue weighted by Gasteiger charge is -2.31. The highest BCUT2D eigenvalue weighted by molar-refractivity contribution is 9.10. The van der Waals surface area contributed by atoms with Crippen molar-refractivity contribution in [1.29, 1.82) is 0 Å². The van der Waals surface area contributed by atoms with E-state index >= 15 is 0 Å². The summed E-state index contributed by atoms with van der Waals surface area (Å²) in [5.41, 5.74) is 2.69. The monoisotopic (exact) mass is 665 g/mol. The molecule has 6 rings (SSSR count). The van der Waals surface area contributed by atoms with Gasteiger partial charge in [0.15, 0.2) is 6.61 Å². The maximum Gasteiger partial charge on any atom is 0.305 e. The minimum Gasteiger partial charge on any atom is -0.497 e. The van der Waals surface area contributed by atoms with Crippen LogP contribution in [0, 0.1) is 12.8 Å². The summed E-state index contributed by atoms with van der Waals surface area (Å²) in [5, 5.41) is 2.61. The first kappa shape index (κ1) is 28.3. The van der Waals surface area contributed by atoms with Gasteiger partial charge in [-0.05, 0) is 61.5 Å². The number of thioether (sulfide) groups is 1. The van der Waals surface area contributed by atoms with Crippen LogP contribution in [0.4, 0.5) is 11.4 Å². The van der Waals surface area contributed by atoms with Crippen molar-refractivity contribution in [3.8, 4) is 11.5 Å². The number of ether oxygens (including phenoxy) is 2. The number of amides is 3. The maximum atomic E-state index is 14.0. The van der Waals surface area contributed by atoms with Crippen LogP contribution in [-0.4, -0.2) is 41.7 Å². The van der Waals surface area contributed by atoms with E-state index in [0.717, 1.165) is 21.4 Å². The average Bonchev–Trinajstić information content (AvgIpc) is 3.47. The highest BCUT2D eigenvalue weighted by Crippen LogP contribution is 2.54. The van der Waals surface area contributed by atoms with Crippen LogP contribution < -0.4 is 24.6 Å². The van der Waals surface area contributed by atoms with Gasteiger partial charge in [-0.2, -0.15) is 0 Å². The first-order valence-electron chi connectivity index (χ1n) is 12.9. The van der Waals surface area contributed by atoms with Crippen LogP contribution in [0.3, 0.4) is 0 Å². The van der Waals surface area contributed by atoms with Crippen LogP contribution in [0.1, 0.15) is 21.9 Å². The molecule has 2 aliphatic heterocycles. The number of carbonyl (C=O) groups excluding carboxylic acids is 3. The Balaban J connectivity index is 1.34. The average molecular weight is 667 g/mol. The third-order valence-corrected chi connectivity index (χ3v) is 10.0. The number of hydrogen-bond acceptors (Lipinski definition) is 8. The van der Waals surface area contributed by atoms with E-state index in [9.17, 15) is 19.2 Å². The van der Waals surface area contributed by atoms with Crippen LogP contribution in [0.2, 0.25) is 0 Å². The molecule has 0 radical (unpaired) electrons. The largest absolute Gasteiger partial charge is 0.497 e. The summed E-state index contributed by atoms with van der Waals surface area (Å²) in [7, 11) is 1.56. The van der Waals surface area contributed by atoms with Crippen molar-refractivity contribution in [1.82, 2.24) is 4.98 Å². The predicted molar refractivity (Wildman–Crippen MR) is 165 cm³/mol. The number of benzene rings is 3. The van der Waals surface area contributed by atoms with Crippen molar-refractivity contribution >= 4 is 68.1 Å². The number of imide groups is 1. The van der Waals surface area contributed by atoms with E-state index in [-0.39, 0.29) is 29.2 Å². The summed E-state index contributed by atoms with van der Waals surface area (Å²) < 4.78 is 11.9. The second-order valence-corrected chi connectivity index (χ2v) is 12.9. The molecule has 12 heteroatoms. The molecule has 0 unspecified atom stereocenters. The number of carbonyl (C=O) groups is 3. The van der Waals surface area contributed by atoms with Crippen molar-refractivity contribution in [3.63, 3.8) is 0 Å². The van der Waals surface area contributed by atoms with Gasteiger partial charge in [-0.25, -0.2) is 4.90 Å². The molecule has 3 atom stereocenters. The number of halogens is 1. The lowest BCUT2D eigenvalue weighted by atomic mass is 9.82. The lowest BCUT2D eigenvalue weighted by Crippen LogP contribution is -2.32. The number of anilines is 2. The van der Waals surface area contributed by atoms with Gasteiger partial charge in [0.1, 0.15) is 16.7 Å². The molecular weight excluding hydrogens is 642 g/mol. The Labute approximate surface area is 257 Å². The molecule has 3 amide bonds. The number of H-pyrrole nitrogens is 1. The summed E-state index contributed by atoms with van der Waals surface area (Å²) in [5.74, 6) is -1.46. The summed E-state index contributed by atoms with van der Waals surface area (Å²) in [6.45, 7) is 1.64. The fraction of sp³-hybridized carbons (Fsp3) is 0.200. The molecule has 0 saturated carbocycles. The minimum absolute atomic E-state index is 0.274. The predicted octanol–water partition coefficient (Wildman–Crippen LogP) is 5.33. The van der Waals surface area contributed by atoms with Gasteiger partial charge in [-0.3, -0.25) is 19.2 Å². The van der Waals surface area contributed by atoms with Gasteiger partial charge >= 0.3 is 4.87 Å². The van der Waals surface area contributed by atoms with E-state index in [4.69, 9.17) is 9.47 Å².